The van der Waals surface area contributed by atoms with Crippen molar-refractivity contribution in [1.29, 1.82) is 0 Å². The molecule has 0 aromatic heterocycles. The molecule has 1 aromatic carbocycles. The first kappa shape index (κ1) is 23.2. The second-order valence-electron chi connectivity index (χ2n) is 4.21. The molecule has 1 rings (SSSR count). The second-order valence-corrected chi connectivity index (χ2v) is 5.92. The van der Waals surface area contributed by atoms with Gasteiger partial charge < -0.3 is 0 Å². The van der Waals surface area contributed by atoms with E-state index in [0.29, 0.717) is 11.8 Å². The van der Waals surface area contributed by atoms with Crippen LogP contribution in [0.2, 0.25) is 0 Å². The Kier molecular flexibility index (Phi) is 13.5. The Hall–Kier alpha value is 1.06. The summed E-state index contributed by atoms with van der Waals surface area (Å²) in [6.45, 7) is 8.91. The Morgan fingerprint density at radius 1 is 0.765 bits per heavy atom. The van der Waals surface area contributed by atoms with Crippen LogP contribution < -0.4 is 8.92 Å². The maximum absolute atomic E-state index is 3.18. The molecule has 0 N–H and O–H groups in total. The summed E-state index contributed by atoms with van der Waals surface area (Å²) in [4.78, 5) is 0. The van der Waals surface area contributed by atoms with E-state index in [1.165, 1.54) is 20.1 Å². The van der Waals surface area contributed by atoms with Crippen LogP contribution in [0.1, 0.15) is 65.5 Å². The molecule has 0 aliphatic heterocycles. The molecule has 0 amide bonds. The molecular formula is C14H24Se2Sn. The van der Waals surface area contributed by atoms with Crippen LogP contribution in [0.5, 0.6) is 0 Å². The Balaban J connectivity index is -0.000000653. The minimum Gasteiger partial charge on any atom is 2.00 e. The fourth-order valence-corrected chi connectivity index (χ4v) is 3.27. The molecule has 0 nitrogen and oxygen atoms in total. The van der Waals surface area contributed by atoms with Crippen molar-refractivity contribution in [2.24, 2.45) is 0 Å². The van der Waals surface area contributed by atoms with Crippen molar-refractivity contribution < 1.29 is 0 Å². The van der Waals surface area contributed by atoms with Crippen molar-refractivity contribution in [2.75, 3.05) is 0 Å². The summed E-state index contributed by atoms with van der Waals surface area (Å²) in [6, 6.07) is 4.49. The van der Waals surface area contributed by atoms with Crippen LogP contribution >= 0.6 is 0 Å². The zero-order chi connectivity index (χ0) is 10.9. The quantitative estimate of drug-likeness (QED) is 0.585. The third-order valence-corrected chi connectivity index (χ3v) is 4.92. The van der Waals surface area contributed by atoms with E-state index in [2.05, 4.69) is 71.9 Å². The van der Waals surface area contributed by atoms with Gasteiger partial charge >= 0.3 is 128 Å². The number of hydrogen-bond acceptors (Lipinski definition) is 0. The van der Waals surface area contributed by atoms with Gasteiger partial charge in [0.05, 0.1) is 0 Å². The number of hydrogen-bond donors (Lipinski definition) is 0. The Morgan fingerprint density at radius 2 is 1.00 bits per heavy atom. The SMILES string of the molecule is C.C.CC(C)c1ccc(C(C)C)c([Se-])c1[Se-].[Sn+2]. The van der Waals surface area contributed by atoms with Crippen LogP contribution in [0.4, 0.5) is 0 Å². The molecule has 0 heterocycles. The van der Waals surface area contributed by atoms with E-state index >= 15 is 0 Å². The van der Waals surface area contributed by atoms with Crippen LogP contribution in [0.15, 0.2) is 12.1 Å². The maximum Gasteiger partial charge on any atom is 2.00 e. The molecule has 0 aliphatic carbocycles. The van der Waals surface area contributed by atoms with E-state index in [1.54, 1.807) is 0 Å². The van der Waals surface area contributed by atoms with Gasteiger partial charge in [-0.3, -0.25) is 0 Å². The van der Waals surface area contributed by atoms with Gasteiger partial charge in [-0.25, -0.2) is 0 Å². The summed E-state index contributed by atoms with van der Waals surface area (Å²) >= 11 is 6.37. The van der Waals surface area contributed by atoms with E-state index in [1.807, 2.05) is 0 Å². The zero-order valence-corrected chi connectivity index (χ0v) is 15.9. The minimum atomic E-state index is 0. The maximum atomic E-state index is 3.18. The van der Waals surface area contributed by atoms with Crippen LogP contribution in [0.25, 0.3) is 0 Å². The van der Waals surface area contributed by atoms with Crippen molar-refractivity contribution in [3.05, 3.63) is 23.3 Å². The average Bonchev–Trinajstić information content (AvgIpc) is 2.08. The normalized spacial score (nSPS) is 9.29. The van der Waals surface area contributed by atoms with E-state index in [0.717, 1.165) is 0 Å². The summed E-state index contributed by atoms with van der Waals surface area (Å²) in [6.07, 6.45) is 0. The van der Waals surface area contributed by atoms with Crippen molar-refractivity contribution in [3.8, 4) is 0 Å². The predicted octanol–water partition coefficient (Wildman–Crippen LogP) is 2.41. The Morgan fingerprint density at radius 3 is 1.18 bits per heavy atom. The third-order valence-electron chi connectivity index (χ3n) is 2.42. The molecule has 0 atom stereocenters. The summed E-state index contributed by atoms with van der Waals surface area (Å²) in [5.74, 6) is 1.17. The van der Waals surface area contributed by atoms with E-state index in [9.17, 15) is 0 Å². The van der Waals surface area contributed by atoms with E-state index < -0.39 is 0 Å². The van der Waals surface area contributed by atoms with Crippen LogP contribution in [0.3, 0.4) is 0 Å². The summed E-state index contributed by atoms with van der Waals surface area (Å²) in [5, 5.41) is 0. The second kappa shape index (κ2) is 9.92. The van der Waals surface area contributed by atoms with Crippen LogP contribution in [0, 0.1) is 0 Å². The zero-order valence-electron chi connectivity index (χ0n) is 9.63. The van der Waals surface area contributed by atoms with Crippen molar-refractivity contribution in [3.63, 3.8) is 0 Å². The average molecular weight is 469 g/mol. The number of rotatable bonds is 2. The first-order valence-electron chi connectivity index (χ1n) is 4.96. The van der Waals surface area contributed by atoms with Gasteiger partial charge in [-0.15, -0.1) is 0 Å². The van der Waals surface area contributed by atoms with Gasteiger partial charge in [-0.05, 0) is 0 Å². The predicted molar refractivity (Wildman–Crippen MR) is 84.6 cm³/mol. The van der Waals surface area contributed by atoms with Crippen molar-refractivity contribution in [2.45, 2.75) is 54.4 Å². The van der Waals surface area contributed by atoms with E-state index in [4.69, 9.17) is 0 Å². The summed E-state index contributed by atoms with van der Waals surface area (Å²) in [7, 11) is 0. The van der Waals surface area contributed by atoms with Crippen LogP contribution in [-0.4, -0.2) is 55.9 Å². The molecule has 0 unspecified atom stereocenters. The molecule has 0 fully saturated rings. The van der Waals surface area contributed by atoms with Gasteiger partial charge in [0.1, 0.15) is 0 Å². The summed E-state index contributed by atoms with van der Waals surface area (Å²) < 4.78 is 2.59. The molecule has 96 valence electrons. The van der Waals surface area contributed by atoms with Gasteiger partial charge in [-0.1, -0.05) is 14.9 Å². The fourth-order valence-electron chi connectivity index (χ4n) is 1.50. The monoisotopic (exact) mass is 472 g/mol. The van der Waals surface area contributed by atoms with Gasteiger partial charge in [0.25, 0.3) is 0 Å². The fraction of sp³-hybridized carbons (Fsp3) is 0.571. The van der Waals surface area contributed by atoms with Crippen LogP contribution in [-0.2, 0) is 0 Å². The molecule has 0 bridgehead atoms. The third kappa shape index (κ3) is 5.70. The molecule has 0 saturated carbocycles. The largest absolute Gasteiger partial charge is 2.00 e. The molecule has 1 aromatic rings. The molecule has 2 radical (unpaired) electrons. The minimum absolute atomic E-state index is 0. The molecule has 3 heteroatoms. The van der Waals surface area contributed by atoms with Crippen molar-refractivity contribution in [1.82, 2.24) is 0 Å². The van der Waals surface area contributed by atoms with Gasteiger partial charge in [0, 0.05) is 0 Å². The molecular weight excluding hydrogens is 445 g/mol. The number of benzene rings is 1. The van der Waals surface area contributed by atoms with E-state index in [-0.39, 0.29) is 38.8 Å². The van der Waals surface area contributed by atoms with Gasteiger partial charge in [0.15, 0.2) is 0 Å². The standard InChI is InChI=1S/C12H18Se2.2CH4.Sn/c1-7(2)9-5-6-10(8(3)4)12(14)11(9)13;;;/h5-8,13-14H,1-4H3;2*1H4;/q;;;+2/p-2. The summed E-state index contributed by atoms with van der Waals surface area (Å²) in [5.41, 5.74) is 2.81. The molecule has 0 saturated heterocycles. The topological polar surface area (TPSA) is 0 Å². The molecule has 17 heavy (non-hydrogen) atoms. The first-order valence-corrected chi connectivity index (χ1v) is 6.67. The smallest absolute Gasteiger partial charge is 2.00 e. The Labute approximate surface area is 141 Å². The molecule has 0 spiro atoms. The first-order chi connectivity index (χ1) is 6.45. The Bertz CT molecular complexity index is 300. The van der Waals surface area contributed by atoms with Crippen molar-refractivity contribution >= 4 is 64.9 Å². The molecule has 0 aliphatic rings. The van der Waals surface area contributed by atoms with Gasteiger partial charge in [0.2, 0.25) is 0 Å². The van der Waals surface area contributed by atoms with Gasteiger partial charge in [-0.2, -0.15) is 0 Å².